The van der Waals surface area contributed by atoms with Crippen molar-refractivity contribution in [2.45, 2.75) is 84.2 Å². The van der Waals surface area contributed by atoms with Crippen molar-refractivity contribution in [1.82, 2.24) is 0 Å². The highest BCUT2D eigenvalue weighted by atomic mass is 19.1. The van der Waals surface area contributed by atoms with E-state index in [9.17, 15) is 4.39 Å². The Bertz CT molecular complexity index is 159. The molecule has 0 aromatic carbocycles. The van der Waals surface area contributed by atoms with Crippen molar-refractivity contribution in [3.63, 3.8) is 0 Å². The molecule has 0 aromatic heterocycles. The van der Waals surface area contributed by atoms with Crippen LogP contribution in [0.4, 0.5) is 4.39 Å². The lowest BCUT2D eigenvalue weighted by atomic mass is 9.78. The Labute approximate surface area is 101 Å². The van der Waals surface area contributed by atoms with Gasteiger partial charge in [0.1, 0.15) is 6.17 Å². The average molecular weight is 228 g/mol. The fraction of sp³-hybridized carbons (Fsp3) is 1.00. The van der Waals surface area contributed by atoms with Crippen LogP contribution in [-0.2, 0) is 0 Å². The Kier molecular flexibility index (Phi) is 7.07. The van der Waals surface area contributed by atoms with Crippen LogP contribution in [-0.4, -0.2) is 6.17 Å². The largest absolute Gasteiger partial charge is 0.247 e. The Morgan fingerprint density at radius 1 is 0.938 bits per heavy atom. The molecule has 0 aliphatic heterocycles. The SMILES string of the molecule is CC[C@@H](F)C[C@H](CC)C1CCCCCCC1. The molecule has 96 valence electrons. The molecule has 1 saturated carbocycles. The number of hydrogen-bond donors (Lipinski definition) is 0. The van der Waals surface area contributed by atoms with Gasteiger partial charge >= 0.3 is 0 Å². The molecule has 1 aliphatic rings. The van der Waals surface area contributed by atoms with Crippen molar-refractivity contribution in [3.8, 4) is 0 Å². The molecule has 0 radical (unpaired) electrons. The van der Waals surface area contributed by atoms with Gasteiger partial charge in [0.05, 0.1) is 0 Å². The molecule has 1 heteroatoms. The maximum absolute atomic E-state index is 13.5. The van der Waals surface area contributed by atoms with Crippen molar-refractivity contribution < 1.29 is 4.39 Å². The summed E-state index contributed by atoms with van der Waals surface area (Å²) in [5, 5.41) is 0. The van der Waals surface area contributed by atoms with Gasteiger partial charge in [-0.2, -0.15) is 0 Å². The van der Waals surface area contributed by atoms with Crippen molar-refractivity contribution in [2.75, 3.05) is 0 Å². The van der Waals surface area contributed by atoms with Crippen LogP contribution in [0.5, 0.6) is 0 Å². The predicted octanol–water partition coefficient (Wildman–Crippen LogP) is 5.51. The molecule has 0 N–H and O–H groups in total. The molecule has 1 aliphatic carbocycles. The Hall–Kier alpha value is -0.0700. The van der Waals surface area contributed by atoms with Crippen LogP contribution in [0.1, 0.15) is 78.1 Å². The molecule has 0 spiro atoms. The van der Waals surface area contributed by atoms with Crippen LogP contribution >= 0.6 is 0 Å². The summed E-state index contributed by atoms with van der Waals surface area (Å²) in [4.78, 5) is 0. The summed E-state index contributed by atoms with van der Waals surface area (Å²) in [6, 6.07) is 0. The van der Waals surface area contributed by atoms with Gasteiger partial charge in [0.15, 0.2) is 0 Å². The maximum atomic E-state index is 13.5. The molecular weight excluding hydrogens is 199 g/mol. The van der Waals surface area contributed by atoms with Crippen LogP contribution in [0.3, 0.4) is 0 Å². The van der Waals surface area contributed by atoms with Gasteiger partial charge in [0.25, 0.3) is 0 Å². The molecule has 0 unspecified atom stereocenters. The molecule has 0 amide bonds. The minimum Gasteiger partial charge on any atom is -0.247 e. The van der Waals surface area contributed by atoms with Gasteiger partial charge < -0.3 is 0 Å². The Balaban J connectivity index is 2.41. The first-order chi connectivity index (χ1) is 7.77. The fourth-order valence-electron chi connectivity index (χ4n) is 3.15. The third-order valence-corrected chi connectivity index (χ3v) is 4.34. The lowest BCUT2D eigenvalue weighted by Crippen LogP contribution is -2.19. The Morgan fingerprint density at radius 2 is 1.50 bits per heavy atom. The van der Waals surface area contributed by atoms with Gasteiger partial charge in [-0.3, -0.25) is 0 Å². The maximum Gasteiger partial charge on any atom is 0.100 e. The predicted molar refractivity (Wildman–Crippen MR) is 69.4 cm³/mol. The summed E-state index contributed by atoms with van der Waals surface area (Å²) in [6.07, 6.45) is 11.8. The standard InChI is InChI=1S/C15H29F/c1-3-13(12-15(16)4-2)14-10-8-6-5-7-9-11-14/h13-15H,3-12H2,1-2H3/t13-,15+/m0/s1. The summed E-state index contributed by atoms with van der Waals surface area (Å²) in [7, 11) is 0. The molecule has 0 heterocycles. The zero-order chi connectivity index (χ0) is 11.8. The summed E-state index contributed by atoms with van der Waals surface area (Å²) in [5.41, 5.74) is 0. The minimum atomic E-state index is -0.560. The van der Waals surface area contributed by atoms with E-state index < -0.39 is 6.17 Å². The molecule has 2 atom stereocenters. The van der Waals surface area contributed by atoms with Gasteiger partial charge in [-0.15, -0.1) is 0 Å². The molecule has 0 nitrogen and oxygen atoms in total. The molecule has 0 saturated heterocycles. The third kappa shape index (κ3) is 4.84. The second-order valence-electron chi connectivity index (χ2n) is 5.51. The molecule has 1 rings (SSSR count). The zero-order valence-corrected chi connectivity index (χ0v) is 11.2. The van der Waals surface area contributed by atoms with E-state index in [0.29, 0.717) is 12.3 Å². The van der Waals surface area contributed by atoms with Crippen molar-refractivity contribution in [2.24, 2.45) is 11.8 Å². The highest BCUT2D eigenvalue weighted by Gasteiger charge is 2.23. The Morgan fingerprint density at radius 3 is 2.00 bits per heavy atom. The van der Waals surface area contributed by atoms with E-state index >= 15 is 0 Å². The fourth-order valence-corrected chi connectivity index (χ4v) is 3.15. The summed E-state index contributed by atoms with van der Waals surface area (Å²) < 4.78 is 13.5. The first kappa shape index (κ1) is 14.0. The van der Waals surface area contributed by atoms with Crippen LogP contribution < -0.4 is 0 Å². The summed E-state index contributed by atoms with van der Waals surface area (Å²) >= 11 is 0. The second-order valence-corrected chi connectivity index (χ2v) is 5.51. The van der Waals surface area contributed by atoms with Crippen LogP contribution in [0.15, 0.2) is 0 Å². The number of halogens is 1. The van der Waals surface area contributed by atoms with E-state index in [1.165, 1.54) is 51.4 Å². The van der Waals surface area contributed by atoms with Crippen LogP contribution in [0.25, 0.3) is 0 Å². The van der Waals surface area contributed by atoms with Gasteiger partial charge in [-0.1, -0.05) is 65.2 Å². The quantitative estimate of drug-likeness (QED) is 0.582. The van der Waals surface area contributed by atoms with Gasteiger partial charge in [0, 0.05) is 0 Å². The van der Waals surface area contributed by atoms with Crippen molar-refractivity contribution >= 4 is 0 Å². The van der Waals surface area contributed by atoms with E-state index in [1.54, 1.807) is 0 Å². The zero-order valence-electron chi connectivity index (χ0n) is 11.2. The van der Waals surface area contributed by atoms with E-state index in [4.69, 9.17) is 0 Å². The molecule has 1 fully saturated rings. The lowest BCUT2D eigenvalue weighted by Gasteiger charge is -2.28. The van der Waals surface area contributed by atoms with Crippen molar-refractivity contribution in [3.05, 3.63) is 0 Å². The van der Waals surface area contributed by atoms with E-state index in [1.807, 2.05) is 6.92 Å². The number of alkyl halides is 1. The minimum absolute atomic E-state index is 0.560. The normalized spacial score (nSPS) is 23.4. The average Bonchev–Trinajstić information content (AvgIpc) is 2.26. The lowest BCUT2D eigenvalue weighted by molar-refractivity contribution is 0.183. The molecule has 16 heavy (non-hydrogen) atoms. The van der Waals surface area contributed by atoms with E-state index in [2.05, 4.69) is 6.92 Å². The first-order valence-electron chi connectivity index (χ1n) is 7.42. The van der Waals surface area contributed by atoms with Gasteiger partial charge in [0.2, 0.25) is 0 Å². The summed E-state index contributed by atoms with van der Waals surface area (Å²) in [6.45, 7) is 4.21. The van der Waals surface area contributed by atoms with E-state index in [0.717, 1.165) is 12.3 Å². The van der Waals surface area contributed by atoms with Gasteiger partial charge in [-0.05, 0) is 24.7 Å². The van der Waals surface area contributed by atoms with Gasteiger partial charge in [-0.25, -0.2) is 4.39 Å². The van der Waals surface area contributed by atoms with E-state index in [-0.39, 0.29) is 0 Å². The second kappa shape index (κ2) is 8.08. The smallest absolute Gasteiger partial charge is 0.100 e. The number of hydrogen-bond acceptors (Lipinski definition) is 0. The first-order valence-corrected chi connectivity index (χ1v) is 7.42. The third-order valence-electron chi connectivity index (χ3n) is 4.34. The highest BCUT2D eigenvalue weighted by molar-refractivity contribution is 4.74. The highest BCUT2D eigenvalue weighted by Crippen LogP contribution is 2.33. The monoisotopic (exact) mass is 228 g/mol. The van der Waals surface area contributed by atoms with Crippen molar-refractivity contribution in [1.29, 1.82) is 0 Å². The molecule has 0 bridgehead atoms. The van der Waals surface area contributed by atoms with Crippen LogP contribution in [0, 0.1) is 11.8 Å². The summed E-state index contributed by atoms with van der Waals surface area (Å²) in [5.74, 6) is 1.46. The van der Waals surface area contributed by atoms with Crippen LogP contribution in [0.2, 0.25) is 0 Å². The topological polar surface area (TPSA) is 0 Å². The number of rotatable bonds is 5. The molecule has 0 aromatic rings. The molecular formula is C15H29F.